The van der Waals surface area contributed by atoms with Gasteiger partial charge in [0.25, 0.3) is 0 Å². The van der Waals surface area contributed by atoms with E-state index in [2.05, 4.69) is 15.6 Å². The van der Waals surface area contributed by atoms with Crippen molar-refractivity contribution in [1.82, 2.24) is 10.3 Å². The monoisotopic (exact) mass is 195 g/mol. The Morgan fingerprint density at radius 3 is 3.07 bits per heavy atom. The summed E-state index contributed by atoms with van der Waals surface area (Å²) in [6, 6.07) is 0.197. The maximum absolute atomic E-state index is 11.3. The van der Waals surface area contributed by atoms with Crippen LogP contribution < -0.4 is 10.6 Å². The molecule has 5 nitrogen and oxygen atoms in total. The van der Waals surface area contributed by atoms with Crippen LogP contribution in [-0.4, -0.2) is 17.1 Å². The van der Waals surface area contributed by atoms with Crippen molar-refractivity contribution in [3.63, 3.8) is 0 Å². The van der Waals surface area contributed by atoms with Crippen molar-refractivity contribution in [2.45, 2.75) is 25.8 Å². The summed E-state index contributed by atoms with van der Waals surface area (Å²) in [6.45, 7) is 2.01. The number of hydrogen-bond donors (Lipinski definition) is 2. The van der Waals surface area contributed by atoms with E-state index in [9.17, 15) is 4.79 Å². The average Bonchev–Trinajstić information content (AvgIpc) is 2.87. The molecule has 76 valence electrons. The van der Waals surface area contributed by atoms with Crippen molar-refractivity contribution in [2.24, 2.45) is 5.92 Å². The van der Waals surface area contributed by atoms with Gasteiger partial charge in [-0.3, -0.25) is 5.32 Å². The Morgan fingerprint density at radius 1 is 1.71 bits per heavy atom. The minimum atomic E-state index is -0.258. The summed E-state index contributed by atoms with van der Waals surface area (Å²) in [7, 11) is 0. The molecule has 5 heteroatoms. The summed E-state index contributed by atoms with van der Waals surface area (Å²) in [6.07, 6.45) is 5.32. The number of nitrogens with one attached hydrogen (secondary N) is 2. The maximum Gasteiger partial charge on any atom is 0.323 e. The topological polar surface area (TPSA) is 67.2 Å². The quantitative estimate of drug-likeness (QED) is 0.769. The van der Waals surface area contributed by atoms with Crippen molar-refractivity contribution in [2.75, 3.05) is 5.32 Å². The number of amides is 2. The molecule has 1 aromatic rings. The van der Waals surface area contributed by atoms with Crippen LogP contribution in [-0.2, 0) is 0 Å². The Labute approximate surface area is 81.9 Å². The summed E-state index contributed by atoms with van der Waals surface area (Å²) in [5.74, 6) is 0.644. The zero-order valence-corrected chi connectivity index (χ0v) is 7.99. The molecule has 0 aliphatic heterocycles. The number of anilines is 1. The second-order valence-electron chi connectivity index (χ2n) is 3.56. The third-order valence-electron chi connectivity index (χ3n) is 2.34. The molecule has 0 radical (unpaired) electrons. The summed E-state index contributed by atoms with van der Waals surface area (Å²) in [5, 5.41) is 5.34. The minimum Gasteiger partial charge on any atom is -0.432 e. The number of nitrogens with zero attached hydrogens (tertiary/aromatic N) is 1. The second-order valence-corrected chi connectivity index (χ2v) is 3.56. The normalized spacial score (nSPS) is 17.5. The van der Waals surface area contributed by atoms with Crippen molar-refractivity contribution in [3.8, 4) is 0 Å². The van der Waals surface area contributed by atoms with Crippen LogP contribution in [0.2, 0.25) is 0 Å². The molecule has 1 aliphatic rings. The standard InChI is InChI=1S/C9H13N3O2/c1-6(7-2-3-7)11-8(13)12-9-10-4-5-14-9/h4-7H,2-3H2,1H3,(H2,10,11,12,13)/t6-/m0/s1. The molecule has 1 aliphatic carbocycles. The molecular weight excluding hydrogens is 182 g/mol. The molecule has 0 bridgehead atoms. The van der Waals surface area contributed by atoms with Crippen molar-refractivity contribution in [1.29, 1.82) is 0 Å². The highest BCUT2D eigenvalue weighted by Gasteiger charge is 2.28. The number of aromatic nitrogens is 1. The fourth-order valence-electron chi connectivity index (χ4n) is 1.34. The number of rotatable bonds is 3. The third kappa shape index (κ3) is 2.25. The van der Waals surface area contributed by atoms with E-state index < -0.39 is 0 Å². The first-order chi connectivity index (χ1) is 6.75. The summed E-state index contributed by atoms with van der Waals surface area (Å²) < 4.78 is 4.88. The fourth-order valence-corrected chi connectivity index (χ4v) is 1.34. The van der Waals surface area contributed by atoms with Gasteiger partial charge in [0.15, 0.2) is 0 Å². The Kier molecular flexibility index (Phi) is 2.39. The van der Waals surface area contributed by atoms with Crippen LogP contribution in [0.25, 0.3) is 0 Å². The van der Waals surface area contributed by atoms with Crippen molar-refractivity contribution in [3.05, 3.63) is 12.5 Å². The number of carbonyl (C=O) groups excluding carboxylic acids is 1. The van der Waals surface area contributed by atoms with Crippen LogP contribution in [0, 0.1) is 5.92 Å². The van der Waals surface area contributed by atoms with Crippen LogP contribution in [0.1, 0.15) is 19.8 Å². The van der Waals surface area contributed by atoms with E-state index in [0.29, 0.717) is 5.92 Å². The lowest BCUT2D eigenvalue weighted by Crippen LogP contribution is -2.37. The highest BCUT2D eigenvalue weighted by Crippen LogP contribution is 2.32. The summed E-state index contributed by atoms with van der Waals surface area (Å²) in [5.41, 5.74) is 0. The highest BCUT2D eigenvalue weighted by molar-refractivity contribution is 5.87. The van der Waals surface area contributed by atoms with Gasteiger partial charge in [0, 0.05) is 6.04 Å². The zero-order valence-electron chi connectivity index (χ0n) is 7.99. The van der Waals surface area contributed by atoms with E-state index in [4.69, 9.17) is 4.42 Å². The molecule has 1 saturated carbocycles. The molecule has 1 fully saturated rings. The Morgan fingerprint density at radius 2 is 2.50 bits per heavy atom. The van der Waals surface area contributed by atoms with Gasteiger partial charge in [-0.2, -0.15) is 0 Å². The number of urea groups is 1. The summed E-state index contributed by atoms with van der Waals surface area (Å²) in [4.78, 5) is 15.1. The van der Waals surface area contributed by atoms with Crippen LogP contribution >= 0.6 is 0 Å². The SMILES string of the molecule is C[C@H](NC(=O)Nc1ncco1)C1CC1. The van der Waals surface area contributed by atoms with Gasteiger partial charge in [0.1, 0.15) is 6.26 Å². The van der Waals surface area contributed by atoms with Gasteiger partial charge in [-0.05, 0) is 25.7 Å². The molecule has 0 spiro atoms. The largest absolute Gasteiger partial charge is 0.432 e. The van der Waals surface area contributed by atoms with E-state index in [1.807, 2.05) is 6.92 Å². The van der Waals surface area contributed by atoms with Crippen LogP contribution in [0.5, 0.6) is 0 Å². The molecule has 14 heavy (non-hydrogen) atoms. The Balaban J connectivity index is 1.78. The van der Waals surface area contributed by atoms with E-state index in [-0.39, 0.29) is 18.1 Å². The smallest absolute Gasteiger partial charge is 0.323 e. The van der Waals surface area contributed by atoms with E-state index in [1.54, 1.807) is 0 Å². The van der Waals surface area contributed by atoms with E-state index >= 15 is 0 Å². The van der Waals surface area contributed by atoms with Gasteiger partial charge >= 0.3 is 12.0 Å². The lowest BCUT2D eigenvalue weighted by atomic mass is 10.2. The zero-order chi connectivity index (χ0) is 9.97. The molecule has 2 rings (SSSR count). The molecule has 0 aromatic carbocycles. The van der Waals surface area contributed by atoms with Gasteiger partial charge < -0.3 is 9.73 Å². The lowest BCUT2D eigenvalue weighted by molar-refractivity contribution is 0.247. The molecule has 2 amide bonds. The summed E-state index contributed by atoms with van der Waals surface area (Å²) >= 11 is 0. The second kappa shape index (κ2) is 3.69. The van der Waals surface area contributed by atoms with E-state index in [0.717, 1.165) is 0 Å². The molecule has 2 N–H and O–H groups in total. The van der Waals surface area contributed by atoms with Gasteiger partial charge in [-0.1, -0.05) is 0 Å². The predicted octanol–water partition coefficient (Wildman–Crippen LogP) is 1.59. The molecule has 1 atom stereocenters. The van der Waals surface area contributed by atoms with E-state index in [1.165, 1.54) is 25.3 Å². The number of carbonyl (C=O) groups is 1. The molecule has 1 aromatic heterocycles. The lowest BCUT2D eigenvalue weighted by Gasteiger charge is -2.11. The van der Waals surface area contributed by atoms with Crippen molar-refractivity contribution < 1.29 is 9.21 Å². The van der Waals surface area contributed by atoms with Gasteiger partial charge in [0.05, 0.1) is 6.20 Å². The van der Waals surface area contributed by atoms with Crippen molar-refractivity contribution >= 4 is 12.0 Å². The third-order valence-corrected chi connectivity index (χ3v) is 2.34. The fraction of sp³-hybridized carbons (Fsp3) is 0.556. The van der Waals surface area contributed by atoms with Gasteiger partial charge in [-0.25, -0.2) is 9.78 Å². The number of oxazole rings is 1. The first-order valence-corrected chi connectivity index (χ1v) is 4.72. The molecular formula is C9H13N3O2. The van der Waals surface area contributed by atoms with Crippen LogP contribution in [0.15, 0.2) is 16.9 Å². The molecule has 0 unspecified atom stereocenters. The minimum absolute atomic E-state index is 0.227. The molecule has 1 heterocycles. The average molecular weight is 195 g/mol. The number of hydrogen-bond acceptors (Lipinski definition) is 3. The van der Waals surface area contributed by atoms with Gasteiger partial charge in [-0.15, -0.1) is 0 Å². The van der Waals surface area contributed by atoms with Gasteiger partial charge in [0.2, 0.25) is 0 Å². The molecule has 0 saturated heterocycles. The predicted molar refractivity (Wildman–Crippen MR) is 50.8 cm³/mol. The Bertz CT molecular complexity index is 306. The van der Waals surface area contributed by atoms with Crippen LogP contribution in [0.4, 0.5) is 10.8 Å². The first-order valence-electron chi connectivity index (χ1n) is 4.72. The first kappa shape index (κ1) is 9.05. The highest BCUT2D eigenvalue weighted by atomic mass is 16.4. The maximum atomic E-state index is 11.3. The Hall–Kier alpha value is -1.52. The van der Waals surface area contributed by atoms with Crippen LogP contribution in [0.3, 0.4) is 0 Å².